The van der Waals surface area contributed by atoms with E-state index in [-0.39, 0.29) is 37.7 Å². The largest absolute Gasteiger partial charge is 0.465 e. The van der Waals surface area contributed by atoms with E-state index in [9.17, 15) is 36.7 Å². The monoisotopic (exact) mass is 568 g/mol. The summed E-state index contributed by atoms with van der Waals surface area (Å²) >= 11 is 8.26. The molecule has 0 bridgehead atoms. The van der Waals surface area contributed by atoms with Gasteiger partial charge in [-0.3, -0.25) is 23.9 Å². The van der Waals surface area contributed by atoms with Crippen LogP contribution in [0.5, 0.6) is 0 Å². The van der Waals surface area contributed by atoms with E-state index in [2.05, 4.69) is 4.99 Å². The Bertz CT molecular complexity index is 1380. The highest BCUT2D eigenvalue weighted by Gasteiger charge is 2.39. The van der Waals surface area contributed by atoms with Crippen LogP contribution < -0.4 is 11.2 Å². The maximum atomic E-state index is 14.8. The molecule has 1 aliphatic rings. The third kappa shape index (κ3) is 5.47. The van der Waals surface area contributed by atoms with Gasteiger partial charge < -0.3 is 4.74 Å². The Balaban J connectivity index is 2.15. The number of carbonyl (C=O) groups excluding carboxylic acids is 2. The number of ether oxygens (including phenoxy) is 1. The highest BCUT2D eigenvalue weighted by molar-refractivity contribution is 8.26. The van der Waals surface area contributed by atoms with Crippen molar-refractivity contribution in [3.63, 3.8) is 0 Å². The number of halogens is 5. The van der Waals surface area contributed by atoms with E-state index in [4.69, 9.17) is 16.3 Å². The number of thioether (sulfide) groups is 2. The minimum atomic E-state index is -5.00. The molecule has 0 N–H and O–H groups in total. The second-order valence-electron chi connectivity index (χ2n) is 7.11. The summed E-state index contributed by atoms with van der Waals surface area (Å²) in [7, 11) is 0.784. The van der Waals surface area contributed by atoms with Crippen molar-refractivity contribution in [2.45, 2.75) is 17.7 Å². The van der Waals surface area contributed by atoms with Crippen molar-refractivity contribution >= 4 is 57.9 Å². The Hall–Kier alpha value is -2.78. The van der Waals surface area contributed by atoms with Crippen LogP contribution in [0.25, 0.3) is 5.69 Å². The number of hydrogen-bond donors (Lipinski definition) is 0. The van der Waals surface area contributed by atoms with E-state index in [1.54, 1.807) is 13.2 Å². The Morgan fingerprint density at radius 2 is 1.92 bits per heavy atom. The number of nitrogens with zero attached hydrogens (tertiary/aromatic N) is 4. The lowest BCUT2D eigenvalue weighted by Crippen LogP contribution is -2.41. The maximum absolute atomic E-state index is 14.8. The highest BCUT2D eigenvalue weighted by atomic mass is 35.5. The summed E-state index contributed by atoms with van der Waals surface area (Å²) in [5.41, 5.74) is -5.30. The van der Waals surface area contributed by atoms with Crippen LogP contribution in [0.2, 0.25) is 5.02 Å². The topological polar surface area (TPSA) is 103 Å². The third-order valence-corrected chi connectivity index (χ3v) is 7.54. The molecule has 1 aromatic heterocycles. The molecule has 0 aliphatic carbocycles. The molecule has 0 saturated carbocycles. The number of aromatic nitrogens is 2. The van der Waals surface area contributed by atoms with Gasteiger partial charge in [0.15, 0.2) is 5.17 Å². The van der Waals surface area contributed by atoms with E-state index in [0.717, 1.165) is 35.8 Å². The molecule has 194 valence electrons. The van der Waals surface area contributed by atoms with Gasteiger partial charge in [0.25, 0.3) is 11.5 Å². The van der Waals surface area contributed by atoms with Crippen LogP contribution in [-0.4, -0.2) is 55.1 Å². The number of amides is 1. The fraction of sp³-hybridized carbons (Fsp3) is 0.350. The summed E-state index contributed by atoms with van der Waals surface area (Å²) in [4.78, 5) is 54.9. The zero-order valence-electron chi connectivity index (χ0n) is 18.8. The first-order valence-corrected chi connectivity index (χ1v) is 12.5. The average molecular weight is 569 g/mol. The first-order valence-electron chi connectivity index (χ1n) is 9.95. The lowest BCUT2D eigenvalue weighted by molar-refractivity contribution is -0.146. The van der Waals surface area contributed by atoms with Crippen molar-refractivity contribution in [1.29, 1.82) is 0 Å². The van der Waals surface area contributed by atoms with Gasteiger partial charge in [-0.15, -0.1) is 11.8 Å². The number of benzene rings is 1. The highest BCUT2D eigenvalue weighted by Crippen LogP contribution is 2.37. The van der Waals surface area contributed by atoms with Gasteiger partial charge in [-0.2, -0.15) is 13.2 Å². The molecule has 2 heterocycles. The standard InChI is InChI=1S/C20H17ClF4N4O5S2/c1-4-34-15(31)8-28-16(32)17(35-3)36-18(28)26-11-6-12(10(22)5-9(11)21)29-14(30)7-13(20(23,24)25)27(2)19(29)33/h5-7,17H,4,8H2,1-3H3/b26-18-. The minimum absolute atomic E-state index is 0.0135. The van der Waals surface area contributed by atoms with Gasteiger partial charge in [-0.1, -0.05) is 23.4 Å². The lowest BCUT2D eigenvalue weighted by atomic mass is 10.2. The maximum Gasteiger partial charge on any atom is 0.431 e. The fourth-order valence-electron chi connectivity index (χ4n) is 3.15. The molecular weight excluding hydrogens is 552 g/mol. The van der Waals surface area contributed by atoms with Gasteiger partial charge in [0.1, 0.15) is 22.6 Å². The SMILES string of the molecule is CCOC(=O)CN1C(=O)C(SC)S/C1=N\c1cc(-n2c(=O)cc(C(F)(F)F)n(C)c2=O)c(F)cc1Cl. The molecule has 16 heteroatoms. The van der Waals surface area contributed by atoms with Crippen LogP contribution in [0.1, 0.15) is 12.6 Å². The van der Waals surface area contributed by atoms with E-state index in [0.29, 0.717) is 0 Å². The van der Waals surface area contributed by atoms with Gasteiger partial charge >= 0.3 is 17.8 Å². The number of amidine groups is 1. The summed E-state index contributed by atoms with van der Waals surface area (Å²) in [6.07, 6.45) is -3.33. The van der Waals surface area contributed by atoms with Crippen LogP contribution in [0.15, 0.2) is 32.8 Å². The van der Waals surface area contributed by atoms with Gasteiger partial charge in [0.05, 0.1) is 23.0 Å². The van der Waals surface area contributed by atoms with Crippen molar-refractivity contribution in [2.24, 2.45) is 12.0 Å². The molecule has 1 fully saturated rings. The quantitative estimate of drug-likeness (QED) is 0.389. The number of carbonyl (C=O) groups is 2. The van der Waals surface area contributed by atoms with Crippen molar-refractivity contribution in [3.8, 4) is 5.69 Å². The Morgan fingerprint density at radius 1 is 1.25 bits per heavy atom. The normalized spacial score (nSPS) is 17.2. The van der Waals surface area contributed by atoms with Crippen LogP contribution in [0.3, 0.4) is 0 Å². The number of esters is 1. The third-order valence-electron chi connectivity index (χ3n) is 4.80. The number of rotatable bonds is 6. The smallest absolute Gasteiger partial charge is 0.431 e. The molecule has 1 unspecified atom stereocenters. The number of alkyl halides is 3. The second kappa shape index (κ2) is 10.7. The predicted molar refractivity (Wildman–Crippen MR) is 128 cm³/mol. The van der Waals surface area contributed by atoms with Gasteiger partial charge in [0.2, 0.25) is 0 Å². The minimum Gasteiger partial charge on any atom is -0.465 e. The molecule has 1 atom stereocenters. The summed E-state index contributed by atoms with van der Waals surface area (Å²) < 4.78 is 58.8. The molecule has 1 amide bonds. The predicted octanol–water partition coefficient (Wildman–Crippen LogP) is 3.16. The Morgan fingerprint density at radius 3 is 2.50 bits per heavy atom. The Labute approximate surface area is 214 Å². The van der Waals surface area contributed by atoms with Crippen LogP contribution in [0.4, 0.5) is 23.2 Å². The summed E-state index contributed by atoms with van der Waals surface area (Å²) in [5, 5.41) is -0.267. The Kier molecular flexibility index (Phi) is 8.25. The zero-order valence-corrected chi connectivity index (χ0v) is 21.1. The zero-order chi connectivity index (χ0) is 26.9. The first-order chi connectivity index (χ1) is 16.8. The van der Waals surface area contributed by atoms with E-state index < -0.39 is 57.6 Å². The molecule has 3 rings (SSSR count). The number of aliphatic imine (C=N–C) groups is 1. The van der Waals surface area contributed by atoms with Crippen molar-refractivity contribution < 1.29 is 31.9 Å². The van der Waals surface area contributed by atoms with Gasteiger partial charge in [0, 0.05) is 13.1 Å². The van der Waals surface area contributed by atoms with E-state index in [1.807, 2.05) is 0 Å². The molecule has 2 aromatic rings. The number of hydrogen-bond acceptors (Lipinski definition) is 8. The molecule has 36 heavy (non-hydrogen) atoms. The summed E-state index contributed by atoms with van der Waals surface area (Å²) in [6, 6.07) is 1.78. The first kappa shape index (κ1) is 27.8. The van der Waals surface area contributed by atoms with E-state index >= 15 is 0 Å². The van der Waals surface area contributed by atoms with Crippen molar-refractivity contribution in [1.82, 2.24) is 14.0 Å². The average Bonchev–Trinajstić information content (AvgIpc) is 3.07. The molecule has 1 aliphatic heterocycles. The molecule has 0 radical (unpaired) electrons. The lowest BCUT2D eigenvalue weighted by Gasteiger charge is -2.16. The van der Waals surface area contributed by atoms with Gasteiger partial charge in [-0.05, 0) is 25.3 Å². The molecule has 1 saturated heterocycles. The molecular formula is C20H17ClF4N4O5S2. The van der Waals surface area contributed by atoms with Crippen LogP contribution in [0, 0.1) is 5.82 Å². The van der Waals surface area contributed by atoms with Crippen molar-refractivity contribution in [2.75, 3.05) is 19.4 Å². The van der Waals surface area contributed by atoms with Gasteiger partial charge in [-0.25, -0.2) is 18.7 Å². The van der Waals surface area contributed by atoms with E-state index in [1.165, 1.54) is 11.8 Å². The summed E-state index contributed by atoms with van der Waals surface area (Å²) in [5.74, 6) is -2.33. The fourth-order valence-corrected chi connectivity index (χ4v) is 5.17. The molecule has 0 spiro atoms. The molecule has 9 nitrogen and oxygen atoms in total. The summed E-state index contributed by atoms with van der Waals surface area (Å²) in [6.45, 7) is 1.21. The van der Waals surface area contributed by atoms with Crippen LogP contribution in [-0.2, 0) is 27.5 Å². The second-order valence-corrected chi connectivity index (χ2v) is 9.83. The molecule has 1 aromatic carbocycles. The van der Waals surface area contributed by atoms with Crippen molar-refractivity contribution in [3.05, 3.63) is 55.6 Å². The van der Waals surface area contributed by atoms with Crippen LogP contribution >= 0.6 is 35.1 Å².